The minimum absolute atomic E-state index is 0.00273. The van der Waals surface area contributed by atoms with Crippen LogP contribution in [-0.4, -0.2) is 50.0 Å². The number of carbonyl (C=O) groups excluding carboxylic acids is 1. The summed E-state index contributed by atoms with van der Waals surface area (Å²) < 4.78 is 35.0. The molecular formula is C22H27NO5S. The molecule has 0 spiro atoms. The molecule has 0 aromatic heterocycles. The lowest BCUT2D eigenvalue weighted by Crippen LogP contribution is -2.40. The molecule has 0 aliphatic carbocycles. The van der Waals surface area contributed by atoms with Crippen LogP contribution in [-0.2, 0) is 16.4 Å². The number of hydrogen-bond donors (Lipinski definition) is 0. The van der Waals surface area contributed by atoms with Crippen LogP contribution in [0.5, 0.6) is 11.5 Å². The topological polar surface area (TPSA) is 72.9 Å². The summed E-state index contributed by atoms with van der Waals surface area (Å²) in [7, 11) is -1.53. The van der Waals surface area contributed by atoms with Crippen LogP contribution >= 0.6 is 0 Å². The van der Waals surface area contributed by atoms with Crippen molar-refractivity contribution in [3.05, 3.63) is 59.7 Å². The Balaban J connectivity index is 1.86. The Morgan fingerprint density at radius 2 is 1.86 bits per heavy atom. The lowest BCUT2D eigenvalue weighted by atomic mass is 10.1. The Morgan fingerprint density at radius 1 is 1.14 bits per heavy atom. The zero-order valence-corrected chi connectivity index (χ0v) is 17.8. The van der Waals surface area contributed by atoms with E-state index in [1.807, 2.05) is 38.1 Å². The molecule has 1 aliphatic rings. The third-order valence-electron chi connectivity index (χ3n) is 4.87. The summed E-state index contributed by atoms with van der Waals surface area (Å²) in [4.78, 5) is 15.0. The maximum atomic E-state index is 13.3. The molecule has 1 aliphatic heterocycles. The highest BCUT2D eigenvalue weighted by Gasteiger charge is 2.35. The van der Waals surface area contributed by atoms with Gasteiger partial charge >= 0.3 is 0 Å². The minimum atomic E-state index is -3.12. The first-order valence-corrected chi connectivity index (χ1v) is 11.5. The van der Waals surface area contributed by atoms with E-state index >= 15 is 0 Å². The van der Waals surface area contributed by atoms with Gasteiger partial charge in [0.2, 0.25) is 0 Å². The van der Waals surface area contributed by atoms with Gasteiger partial charge in [-0.05, 0) is 62.2 Å². The van der Waals surface area contributed by atoms with E-state index in [1.165, 1.54) is 0 Å². The fourth-order valence-electron chi connectivity index (χ4n) is 3.47. The average Bonchev–Trinajstić information content (AvgIpc) is 3.05. The molecule has 0 bridgehead atoms. The maximum Gasteiger partial charge on any atom is 0.254 e. The molecule has 0 unspecified atom stereocenters. The van der Waals surface area contributed by atoms with Gasteiger partial charge < -0.3 is 14.4 Å². The van der Waals surface area contributed by atoms with E-state index in [-0.39, 0.29) is 29.6 Å². The SMILES string of the molecule is COc1cccc(CN(C(=O)c2ccc(OC(C)C)cc2)[C@H]2CCS(=O)(=O)C2)c1. The molecule has 1 atom stereocenters. The zero-order valence-electron chi connectivity index (χ0n) is 17.0. The molecule has 1 fully saturated rings. The second-order valence-electron chi connectivity index (χ2n) is 7.53. The molecule has 1 amide bonds. The third kappa shape index (κ3) is 5.50. The van der Waals surface area contributed by atoms with E-state index in [4.69, 9.17) is 9.47 Å². The van der Waals surface area contributed by atoms with Gasteiger partial charge in [0.25, 0.3) is 5.91 Å². The first-order chi connectivity index (χ1) is 13.8. The second-order valence-corrected chi connectivity index (χ2v) is 9.76. The number of nitrogens with zero attached hydrogens (tertiary/aromatic N) is 1. The maximum absolute atomic E-state index is 13.3. The Labute approximate surface area is 172 Å². The van der Waals surface area contributed by atoms with Crippen molar-refractivity contribution in [2.75, 3.05) is 18.6 Å². The van der Waals surface area contributed by atoms with Gasteiger partial charge in [0.05, 0.1) is 24.7 Å². The average molecular weight is 418 g/mol. The van der Waals surface area contributed by atoms with Crippen molar-refractivity contribution < 1.29 is 22.7 Å². The molecule has 29 heavy (non-hydrogen) atoms. The van der Waals surface area contributed by atoms with Crippen LogP contribution in [0.4, 0.5) is 0 Å². The predicted molar refractivity (Wildman–Crippen MR) is 112 cm³/mol. The van der Waals surface area contributed by atoms with Gasteiger partial charge in [-0.3, -0.25) is 4.79 Å². The van der Waals surface area contributed by atoms with Crippen molar-refractivity contribution in [2.24, 2.45) is 0 Å². The molecule has 1 heterocycles. The lowest BCUT2D eigenvalue weighted by molar-refractivity contribution is 0.0680. The van der Waals surface area contributed by atoms with E-state index in [0.717, 1.165) is 5.56 Å². The quantitative estimate of drug-likeness (QED) is 0.691. The molecule has 0 radical (unpaired) electrons. The van der Waals surface area contributed by atoms with Crippen molar-refractivity contribution in [3.8, 4) is 11.5 Å². The van der Waals surface area contributed by atoms with Gasteiger partial charge in [0, 0.05) is 18.2 Å². The molecule has 156 valence electrons. The summed E-state index contributed by atoms with van der Waals surface area (Å²) in [6.07, 6.45) is 0.497. The summed E-state index contributed by atoms with van der Waals surface area (Å²) in [5, 5.41) is 0. The molecular weight excluding hydrogens is 390 g/mol. The van der Waals surface area contributed by atoms with Gasteiger partial charge in [-0.15, -0.1) is 0 Å². The lowest BCUT2D eigenvalue weighted by Gasteiger charge is -2.29. The summed E-state index contributed by atoms with van der Waals surface area (Å²) in [6, 6.07) is 14.1. The van der Waals surface area contributed by atoms with Crippen LogP contribution < -0.4 is 9.47 Å². The van der Waals surface area contributed by atoms with Gasteiger partial charge in [-0.1, -0.05) is 12.1 Å². The Kier molecular flexibility index (Phi) is 6.47. The zero-order chi connectivity index (χ0) is 21.0. The van der Waals surface area contributed by atoms with Crippen LogP contribution in [0.25, 0.3) is 0 Å². The largest absolute Gasteiger partial charge is 0.497 e. The van der Waals surface area contributed by atoms with Crippen LogP contribution in [0, 0.1) is 0 Å². The van der Waals surface area contributed by atoms with Crippen LogP contribution in [0.15, 0.2) is 48.5 Å². The second kappa shape index (κ2) is 8.86. The van der Waals surface area contributed by atoms with Gasteiger partial charge in [-0.2, -0.15) is 0 Å². The summed E-state index contributed by atoms with van der Waals surface area (Å²) in [5.41, 5.74) is 1.40. The van der Waals surface area contributed by atoms with E-state index in [2.05, 4.69) is 0 Å². The number of rotatable bonds is 7. The number of carbonyl (C=O) groups is 1. The van der Waals surface area contributed by atoms with Crippen molar-refractivity contribution >= 4 is 15.7 Å². The van der Waals surface area contributed by atoms with E-state index in [0.29, 0.717) is 30.0 Å². The normalized spacial score (nSPS) is 17.9. The minimum Gasteiger partial charge on any atom is -0.497 e. The fourth-order valence-corrected chi connectivity index (χ4v) is 5.20. The van der Waals surface area contributed by atoms with Crippen molar-refractivity contribution in [1.29, 1.82) is 0 Å². The first kappa shape index (κ1) is 21.2. The summed E-state index contributed by atoms with van der Waals surface area (Å²) in [6.45, 7) is 4.20. The number of ether oxygens (including phenoxy) is 2. The monoisotopic (exact) mass is 417 g/mol. The third-order valence-corrected chi connectivity index (χ3v) is 6.62. The predicted octanol–water partition coefficient (Wildman–Crippen LogP) is 3.31. The van der Waals surface area contributed by atoms with Crippen molar-refractivity contribution in [1.82, 2.24) is 4.90 Å². The molecule has 1 saturated heterocycles. The highest BCUT2D eigenvalue weighted by Crippen LogP contribution is 2.24. The number of amides is 1. The molecule has 7 heteroatoms. The molecule has 0 saturated carbocycles. The molecule has 6 nitrogen and oxygen atoms in total. The first-order valence-electron chi connectivity index (χ1n) is 9.68. The highest BCUT2D eigenvalue weighted by atomic mass is 32.2. The van der Waals surface area contributed by atoms with Gasteiger partial charge in [0.1, 0.15) is 11.5 Å². The fraction of sp³-hybridized carbons (Fsp3) is 0.409. The Morgan fingerprint density at radius 3 is 2.45 bits per heavy atom. The highest BCUT2D eigenvalue weighted by molar-refractivity contribution is 7.91. The van der Waals surface area contributed by atoms with Gasteiger partial charge in [-0.25, -0.2) is 8.42 Å². The molecule has 2 aromatic carbocycles. The van der Waals surface area contributed by atoms with E-state index < -0.39 is 9.84 Å². The standard InChI is InChI=1S/C22H27NO5S/c1-16(2)28-20-9-7-18(8-10-20)22(24)23(19-11-12-29(25,26)15-19)14-17-5-4-6-21(13-17)27-3/h4-10,13,16,19H,11-12,14-15H2,1-3H3/t19-/m0/s1. The number of hydrogen-bond acceptors (Lipinski definition) is 5. The van der Waals surface area contributed by atoms with Crippen LogP contribution in [0.2, 0.25) is 0 Å². The van der Waals surface area contributed by atoms with Crippen LogP contribution in [0.1, 0.15) is 36.2 Å². The van der Waals surface area contributed by atoms with Gasteiger partial charge in [0.15, 0.2) is 9.84 Å². The van der Waals surface area contributed by atoms with Crippen molar-refractivity contribution in [3.63, 3.8) is 0 Å². The Bertz CT molecular complexity index is 953. The van der Waals surface area contributed by atoms with Crippen molar-refractivity contribution in [2.45, 2.75) is 39.0 Å². The summed E-state index contributed by atoms with van der Waals surface area (Å²) >= 11 is 0. The molecule has 0 N–H and O–H groups in total. The van der Waals surface area contributed by atoms with E-state index in [1.54, 1.807) is 36.3 Å². The smallest absolute Gasteiger partial charge is 0.254 e. The molecule has 2 aromatic rings. The summed E-state index contributed by atoms with van der Waals surface area (Å²) in [5.74, 6) is 1.31. The Hall–Kier alpha value is -2.54. The van der Waals surface area contributed by atoms with Crippen LogP contribution in [0.3, 0.4) is 0 Å². The molecule has 3 rings (SSSR count). The number of sulfone groups is 1. The number of methoxy groups -OCH3 is 1. The van der Waals surface area contributed by atoms with E-state index in [9.17, 15) is 13.2 Å². The number of benzene rings is 2.